The molecule has 0 bridgehead atoms. The van der Waals surface area contributed by atoms with Crippen LogP contribution in [0.4, 0.5) is 5.69 Å². The molecule has 178 valence electrons. The Kier molecular flexibility index (Phi) is 7.17. The number of methoxy groups -OCH3 is 1. The summed E-state index contributed by atoms with van der Waals surface area (Å²) >= 11 is 5.76. The minimum atomic E-state index is -0.100. The summed E-state index contributed by atoms with van der Waals surface area (Å²) in [6.45, 7) is 7.81. The minimum absolute atomic E-state index is 0.0621. The van der Waals surface area contributed by atoms with Gasteiger partial charge in [0.15, 0.2) is 5.11 Å². The van der Waals surface area contributed by atoms with E-state index in [4.69, 9.17) is 17.0 Å². The lowest BCUT2D eigenvalue weighted by Crippen LogP contribution is -2.33. The number of amides is 1. The van der Waals surface area contributed by atoms with Crippen LogP contribution in [-0.4, -0.2) is 39.1 Å². The number of hydrogen-bond acceptors (Lipinski definition) is 4. The van der Waals surface area contributed by atoms with Gasteiger partial charge >= 0.3 is 0 Å². The number of aryl methyl sites for hydroxylation is 1. The lowest BCUT2D eigenvalue weighted by molar-refractivity contribution is -0.116. The molecule has 2 atom stereocenters. The first-order chi connectivity index (χ1) is 16.4. The van der Waals surface area contributed by atoms with Gasteiger partial charge in [0, 0.05) is 37.1 Å². The lowest BCUT2D eigenvalue weighted by atomic mass is 9.96. The molecule has 3 aromatic rings. The van der Waals surface area contributed by atoms with Gasteiger partial charge < -0.3 is 24.8 Å². The van der Waals surface area contributed by atoms with Crippen molar-refractivity contribution in [3.63, 3.8) is 0 Å². The number of pyridine rings is 1. The van der Waals surface area contributed by atoms with Crippen LogP contribution in [0.1, 0.15) is 48.1 Å². The summed E-state index contributed by atoms with van der Waals surface area (Å²) in [6, 6.07) is 15.4. The van der Waals surface area contributed by atoms with Gasteiger partial charge in [0.1, 0.15) is 5.75 Å². The predicted molar refractivity (Wildman–Crippen MR) is 138 cm³/mol. The Bertz CT molecular complexity index is 1180. The van der Waals surface area contributed by atoms with E-state index in [1.54, 1.807) is 13.3 Å². The molecule has 1 aromatic carbocycles. The largest absolute Gasteiger partial charge is 0.495 e. The molecule has 34 heavy (non-hydrogen) atoms. The Labute approximate surface area is 206 Å². The van der Waals surface area contributed by atoms with Crippen molar-refractivity contribution >= 4 is 28.9 Å². The Morgan fingerprint density at radius 2 is 1.97 bits per heavy atom. The molecule has 0 unspecified atom stereocenters. The Balaban J connectivity index is 1.59. The number of carbonyl (C=O) groups excluding carboxylic acids is 1. The van der Waals surface area contributed by atoms with Gasteiger partial charge in [-0.05, 0) is 68.9 Å². The quantitative estimate of drug-likeness (QED) is 0.465. The highest BCUT2D eigenvalue weighted by Crippen LogP contribution is 2.40. The van der Waals surface area contributed by atoms with Gasteiger partial charge in [-0.15, -0.1) is 0 Å². The number of nitrogens with zero attached hydrogens (tertiary/aromatic N) is 3. The van der Waals surface area contributed by atoms with E-state index in [1.807, 2.05) is 42.5 Å². The molecule has 1 saturated heterocycles. The molecule has 2 N–H and O–H groups in total. The molecule has 1 aliphatic heterocycles. The highest BCUT2D eigenvalue weighted by molar-refractivity contribution is 7.80. The van der Waals surface area contributed by atoms with Crippen molar-refractivity contribution in [1.82, 2.24) is 19.8 Å². The summed E-state index contributed by atoms with van der Waals surface area (Å²) in [7, 11) is 1.59. The third kappa shape index (κ3) is 4.63. The van der Waals surface area contributed by atoms with Gasteiger partial charge in [-0.1, -0.05) is 18.2 Å². The number of nitrogens with one attached hydrogen (secondary N) is 2. The molecule has 1 aliphatic rings. The minimum Gasteiger partial charge on any atom is -0.495 e. The smallest absolute Gasteiger partial charge is 0.226 e. The maximum absolute atomic E-state index is 12.8. The third-order valence-electron chi connectivity index (χ3n) is 6.41. The van der Waals surface area contributed by atoms with E-state index in [0.717, 1.165) is 12.2 Å². The normalized spacial score (nSPS) is 17.5. The fourth-order valence-corrected chi connectivity index (χ4v) is 5.11. The van der Waals surface area contributed by atoms with E-state index in [-0.39, 0.29) is 24.4 Å². The molecule has 0 radical (unpaired) electrons. The van der Waals surface area contributed by atoms with Crippen molar-refractivity contribution in [2.24, 2.45) is 0 Å². The first-order valence-corrected chi connectivity index (χ1v) is 11.9. The molecule has 0 saturated carbocycles. The highest BCUT2D eigenvalue weighted by Gasteiger charge is 2.41. The fourth-order valence-electron chi connectivity index (χ4n) is 4.78. The number of rotatable bonds is 8. The Morgan fingerprint density at radius 1 is 1.21 bits per heavy atom. The topological polar surface area (TPSA) is 71.4 Å². The van der Waals surface area contributed by atoms with Crippen molar-refractivity contribution in [3.05, 3.63) is 77.4 Å². The van der Waals surface area contributed by atoms with Crippen molar-refractivity contribution < 1.29 is 9.53 Å². The first-order valence-electron chi connectivity index (χ1n) is 11.5. The summed E-state index contributed by atoms with van der Waals surface area (Å²) in [6.07, 6.45) is 2.09. The molecule has 7 nitrogen and oxygen atoms in total. The second-order valence-corrected chi connectivity index (χ2v) is 8.78. The van der Waals surface area contributed by atoms with Gasteiger partial charge in [0.25, 0.3) is 0 Å². The van der Waals surface area contributed by atoms with E-state index in [0.29, 0.717) is 23.1 Å². The fraction of sp³-hybridized carbons (Fsp3) is 0.346. The van der Waals surface area contributed by atoms with Crippen LogP contribution < -0.4 is 15.4 Å². The number of anilines is 1. The van der Waals surface area contributed by atoms with Gasteiger partial charge in [0.05, 0.1) is 30.6 Å². The Morgan fingerprint density at radius 3 is 2.65 bits per heavy atom. The summed E-state index contributed by atoms with van der Waals surface area (Å²) in [5, 5.41) is 7.06. The van der Waals surface area contributed by atoms with Crippen LogP contribution in [0.15, 0.2) is 54.7 Å². The number of thiocarbonyl (C=S) groups is 1. The zero-order valence-corrected chi connectivity index (χ0v) is 20.9. The Hall–Kier alpha value is -3.39. The zero-order valence-electron chi connectivity index (χ0n) is 20.0. The van der Waals surface area contributed by atoms with Crippen LogP contribution in [-0.2, 0) is 11.3 Å². The molecule has 1 fully saturated rings. The number of carbonyl (C=O) groups is 1. The third-order valence-corrected chi connectivity index (χ3v) is 6.76. The van der Waals surface area contributed by atoms with E-state index in [2.05, 4.69) is 51.9 Å². The maximum atomic E-state index is 12.8. The van der Waals surface area contributed by atoms with Crippen LogP contribution in [0.25, 0.3) is 0 Å². The predicted octanol–water partition coefficient (Wildman–Crippen LogP) is 4.53. The van der Waals surface area contributed by atoms with Crippen LogP contribution in [0.5, 0.6) is 5.75 Å². The molecule has 4 rings (SSSR count). The van der Waals surface area contributed by atoms with Crippen LogP contribution >= 0.6 is 12.2 Å². The van der Waals surface area contributed by atoms with Gasteiger partial charge in [0.2, 0.25) is 5.91 Å². The zero-order chi connectivity index (χ0) is 24.2. The van der Waals surface area contributed by atoms with Crippen molar-refractivity contribution in [2.75, 3.05) is 19.0 Å². The van der Waals surface area contributed by atoms with Gasteiger partial charge in [-0.2, -0.15) is 0 Å². The molecule has 8 heteroatoms. The summed E-state index contributed by atoms with van der Waals surface area (Å²) in [5.41, 5.74) is 5.21. The van der Waals surface area contributed by atoms with E-state index >= 15 is 0 Å². The van der Waals surface area contributed by atoms with Gasteiger partial charge in [-0.25, -0.2) is 0 Å². The second-order valence-electron chi connectivity index (χ2n) is 8.39. The lowest BCUT2D eigenvalue weighted by Gasteiger charge is -2.28. The number of benzene rings is 1. The average molecular weight is 478 g/mol. The van der Waals surface area contributed by atoms with Crippen LogP contribution in [0.3, 0.4) is 0 Å². The molecule has 3 heterocycles. The summed E-state index contributed by atoms with van der Waals surface area (Å²) < 4.78 is 7.66. The second kappa shape index (κ2) is 10.3. The molecular weight excluding hydrogens is 446 g/mol. The average Bonchev–Trinajstić information content (AvgIpc) is 3.32. The van der Waals surface area contributed by atoms with Crippen molar-refractivity contribution in [1.29, 1.82) is 0 Å². The molecule has 1 amide bonds. The standard InChI is InChI=1S/C26H31N5O2S/c1-5-30-17(2)16-19(18(30)3)25-24(21-11-8-9-14-27-21)29-26(34)31(25)15-13-23(32)28-20-10-6-7-12-22(20)33-4/h6-12,14,16,24-25H,5,13,15H2,1-4H3,(H,28,32)(H,29,34)/t24-,25-/m0/s1. The SMILES string of the molecule is CCn1c(C)cc([C@H]2[C@H](c3ccccn3)NC(=S)N2CCC(=O)Nc2ccccc2OC)c1C. The number of ether oxygens (including phenoxy) is 1. The highest BCUT2D eigenvalue weighted by atomic mass is 32.1. The number of aromatic nitrogens is 2. The summed E-state index contributed by atoms with van der Waals surface area (Å²) in [4.78, 5) is 19.6. The molecule has 0 aliphatic carbocycles. The van der Waals surface area contributed by atoms with E-state index in [1.165, 1.54) is 17.0 Å². The molecule has 0 spiro atoms. The summed E-state index contributed by atoms with van der Waals surface area (Å²) in [5.74, 6) is 0.542. The maximum Gasteiger partial charge on any atom is 0.226 e. The number of para-hydroxylation sites is 2. The monoisotopic (exact) mass is 477 g/mol. The first kappa shape index (κ1) is 23.8. The number of hydrogen-bond donors (Lipinski definition) is 2. The van der Waals surface area contributed by atoms with Crippen LogP contribution in [0, 0.1) is 13.8 Å². The van der Waals surface area contributed by atoms with E-state index < -0.39 is 0 Å². The van der Waals surface area contributed by atoms with Crippen molar-refractivity contribution in [3.8, 4) is 5.75 Å². The molecular formula is C26H31N5O2S. The molecule has 2 aromatic heterocycles. The van der Waals surface area contributed by atoms with E-state index in [9.17, 15) is 4.79 Å². The van der Waals surface area contributed by atoms with Gasteiger partial charge in [-0.3, -0.25) is 9.78 Å². The van der Waals surface area contributed by atoms with Crippen LogP contribution in [0.2, 0.25) is 0 Å². The van der Waals surface area contributed by atoms with Crippen molar-refractivity contribution in [2.45, 2.75) is 45.8 Å².